The fraction of sp³-hybridized carbons (Fsp3) is 0.467. The van der Waals surface area contributed by atoms with Crippen molar-refractivity contribution in [3.8, 4) is 0 Å². The Kier molecular flexibility index (Phi) is 5.42. The highest BCUT2D eigenvalue weighted by molar-refractivity contribution is 5.95. The molecule has 2 atom stereocenters. The van der Waals surface area contributed by atoms with E-state index in [1.165, 1.54) is 6.07 Å². The highest BCUT2D eigenvalue weighted by Gasteiger charge is 2.38. The smallest absolute Gasteiger partial charge is 0.416 e. The number of ether oxygens (including phenoxy) is 1. The number of carbonyl (C=O) groups is 2. The molecule has 1 aromatic carbocycles. The lowest BCUT2D eigenvalue weighted by atomic mass is 9.92. The van der Waals surface area contributed by atoms with E-state index in [-0.39, 0.29) is 5.56 Å². The predicted octanol–water partition coefficient (Wildman–Crippen LogP) is 2.75. The van der Waals surface area contributed by atoms with E-state index < -0.39 is 41.2 Å². The van der Waals surface area contributed by atoms with Crippen LogP contribution < -0.4 is 5.73 Å². The van der Waals surface area contributed by atoms with Gasteiger partial charge in [0.15, 0.2) is 5.92 Å². The predicted molar refractivity (Wildman–Crippen MR) is 75.3 cm³/mol. The molecular weight excluding hydrogens is 315 g/mol. The Morgan fingerprint density at radius 2 is 1.78 bits per heavy atom. The lowest BCUT2D eigenvalue weighted by molar-refractivity contribution is -0.167. The van der Waals surface area contributed by atoms with Crippen molar-refractivity contribution < 1.29 is 32.6 Å². The van der Waals surface area contributed by atoms with Gasteiger partial charge in [-0.15, -0.1) is 0 Å². The molecule has 0 radical (unpaired) electrons. The van der Waals surface area contributed by atoms with Gasteiger partial charge in [-0.2, -0.15) is 13.2 Å². The van der Waals surface area contributed by atoms with Gasteiger partial charge >= 0.3 is 18.1 Å². The Balaban J connectivity index is 3.15. The van der Waals surface area contributed by atoms with Gasteiger partial charge in [0.2, 0.25) is 0 Å². The molecule has 5 nitrogen and oxygen atoms in total. The van der Waals surface area contributed by atoms with Crippen LogP contribution in [0.15, 0.2) is 24.3 Å². The second-order valence-electron chi connectivity index (χ2n) is 6.00. The summed E-state index contributed by atoms with van der Waals surface area (Å²) in [5.74, 6) is -4.48. The van der Waals surface area contributed by atoms with Crippen molar-refractivity contribution in [2.24, 2.45) is 11.7 Å². The summed E-state index contributed by atoms with van der Waals surface area (Å²) < 4.78 is 43.1. The van der Waals surface area contributed by atoms with Gasteiger partial charge < -0.3 is 15.6 Å². The Labute approximate surface area is 131 Å². The lowest BCUT2D eigenvalue weighted by Crippen LogP contribution is -2.39. The molecule has 0 aliphatic rings. The molecule has 0 amide bonds. The Morgan fingerprint density at radius 1 is 1.22 bits per heavy atom. The highest BCUT2D eigenvalue weighted by Crippen LogP contribution is 2.32. The van der Waals surface area contributed by atoms with Crippen molar-refractivity contribution in [1.82, 2.24) is 0 Å². The quantitative estimate of drug-likeness (QED) is 0.653. The molecule has 0 spiro atoms. The van der Waals surface area contributed by atoms with Gasteiger partial charge in [0.25, 0.3) is 0 Å². The van der Waals surface area contributed by atoms with Crippen LogP contribution in [0.5, 0.6) is 0 Å². The maximum atomic E-state index is 12.7. The molecule has 0 saturated carbocycles. The van der Waals surface area contributed by atoms with Gasteiger partial charge in [-0.05, 0) is 38.5 Å². The summed E-state index contributed by atoms with van der Waals surface area (Å²) in [6.45, 7) is 4.62. The fourth-order valence-corrected chi connectivity index (χ4v) is 1.88. The van der Waals surface area contributed by atoms with Gasteiger partial charge in [0.05, 0.1) is 11.6 Å². The van der Waals surface area contributed by atoms with Crippen molar-refractivity contribution in [3.63, 3.8) is 0 Å². The van der Waals surface area contributed by atoms with Crippen LogP contribution >= 0.6 is 0 Å². The van der Waals surface area contributed by atoms with Gasteiger partial charge in [-0.3, -0.25) is 9.59 Å². The minimum Gasteiger partial charge on any atom is -0.481 e. The summed E-state index contributed by atoms with van der Waals surface area (Å²) >= 11 is 0. The van der Waals surface area contributed by atoms with Crippen LogP contribution in [0.4, 0.5) is 13.2 Å². The van der Waals surface area contributed by atoms with Gasteiger partial charge in [-0.25, -0.2) is 0 Å². The molecule has 8 heteroatoms. The van der Waals surface area contributed by atoms with Crippen LogP contribution in [-0.4, -0.2) is 22.6 Å². The molecule has 0 aromatic heterocycles. The monoisotopic (exact) mass is 333 g/mol. The zero-order chi connectivity index (χ0) is 18.0. The number of alkyl halides is 3. The first-order valence-electron chi connectivity index (χ1n) is 6.71. The summed E-state index contributed by atoms with van der Waals surface area (Å²) in [7, 11) is 0. The second kappa shape index (κ2) is 6.57. The van der Waals surface area contributed by atoms with Crippen molar-refractivity contribution in [1.29, 1.82) is 0 Å². The summed E-state index contributed by atoms with van der Waals surface area (Å²) in [4.78, 5) is 23.3. The summed E-state index contributed by atoms with van der Waals surface area (Å²) in [5, 5.41) is 9.20. The maximum Gasteiger partial charge on any atom is 0.416 e. The number of rotatable bonds is 4. The number of hydrogen-bond donors (Lipinski definition) is 2. The molecule has 3 N–H and O–H groups in total. The van der Waals surface area contributed by atoms with E-state index in [1.807, 2.05) is 0 Å². The zero-order valence-electron chi connectivity index (χ0n) is 12.8. The molecule has 1 unspecified atom stereocenters. The highest BCUT2D eigenvalue weighted by atomic mass is 19.4. The van der Waals surface area contributed by atoms with Crippen LogP contribution in [0.1, 0.15) is 37.9 Å². The van der Waals surface area contributed by atoms with Gasteiger partial charge in [-0.1, -0.05) is 12.1 Å². The maximum absolute atomic E-state index is 12.7. The van der Waals surface area contributed by atoms with Crippen molar-refractivity contribution in [2.45, 2.75) is 38.6 Å². The second-order valence-corrected chi connectivity index (χ2v) is 6.00. The number of hydrogen-bond acceptors (Lipinski definition) is 4. The Morgan fingerprint density at radius 3 is 2.22 bits per heavy atom. The molecular formula is C15H18F3NO4. The molecule has 0 bridgehead atoms. The van der Waals surface area contributed by atoms with E-state index in [0.717, 1.165) is 18.2 Å². The van der Waals surface area contributed by atoms with Gasteiger partial charge in [0, 0.05) is 0 Å². The van der Waals surface area contributed by atoms with E-state index in [4.69, 9.17) is 10.5 Å². The minimum atomic E-state index is -4.60. The lowest BCUT2D eigenvalue weighted by Gasteiger charge is -2.25. The molecule has 0 saturated heterocycles. The molecule has 1 aromatic rings. The van der Waals surface area contributed by atoms with E-state index in [2.05, 4.69) is 0 Å². The summed E-state index contributed by atoms with van der Waals surface area (Å²) in [5.41, 5.74) is 3.69. The Bertz CT molecular complexity index is 593. The van der Waals surface area contributed by atoms with Crippen LogP contribution in [-0.2, 0) is 20.5 Å². The molecule has 1 rings (SSSR count). The topological polar surface area (TPSA) is 89.6 Å². The SMILES string of the molecule is CC(C)(C)OC(=O)[C@H](C(=O)O)C(N)c1cccc(C(F)(F)F)c1. The molecule has 23 heavy (non-hydrogen) atoms. The summed E-state index contributed by atoms with van der Waals surface area (Å²) in [6, 6.07) is 2.43. The average molecular weight is 333 g/mol. The third-order valence-corrected chi connectivity index (χ3v) is 2.88. The first-order chi connectivity index (χ1) is 10.3. The first-order valence-corrected chi connectivity index (χ1v) is 6.71. The van der Waals surface area contributed by atoms with E-state index in [0.29, 0.717) is 0 Å². The molecule has 0 aliphatic heterocycles. The first kappa shape index (κ1) is 19.0. The molecule has 128 valence electrons. The molecule has 0 heterocycles. The number of esters is 1. The van der Waals surface area contributed by atoms with Crippen molar-refractivity contribution >= 4 is 11.9 Å². The third kappa shape index (κ3) is 5.24. The summed E-state index contributed by atoms with van der Waals surface area (Å²) in [6.07, 6.45) is -4.60. The molecule has 0 fully saturated rings. The number of carbonyl (C=O) groups excluding carboxylic acids is 1. The van der Waals surface area contributed by atoms with Crippen molar-refractivity contribution in [2.75, 3.05) is 0 Å². The number of carboxylic acids is 1. The number of carboxylic acid groups (broad SMARTS) is 1. The number of aliphatic carboxylic acids is 1. The average Bonchev–Trinajstić information content (AvgIpc) is 2.35. The number of nitrogens with two attached hydrogens (primary N) is 1. The standard InChI is InChI=1S/C15H18F3NO4/c1-14(2,3)23-13(22)10(12(20)21)11(19)8-5-4-6-9(7-8)15(16,17)18/h4-7,10-11H,19H2,1-3H3,(H,20,21)/t10-,11?/m0/s1. The van der Waals surface area contributed by atoms with Crippen LogP contribution in [0, 0.1) is 5.92 Å². The van der Waals surface area contributed by atoms with E-state index in [9.17, 15) is 27.9 Å². The fourth-order valence-electron chi connectivity index (χ4n) is 1.88. The zero-order valence-corrected chi connectivity index (χ0v) is 12.8. The van der Waals surface area contributed by atoms with Crippen LogP contribution in [0.3, 0.4) is 0 Å². The largest absolute Gasteiger partial charge is 0.481 e. The minimum absolute atomic E-state index is 0.113. The molecule has 0 aliphatic carbocycles. The number of benzene rings is 1. The van der Waals surface area contributed by atoms with Crippen LogP contribution in [0.25, 0.3) is 0 Å². The third-order valence-electron chi connectivity index (χ3n) is 2.88. The van der Waals surface area contributed by atoms with Gasteiger partial charge in [0.1, 0.15) is 5.60 Å². The Hall–Kier alpha value is -2.09. The number of halogens is 3. The van der Waals surface area contributed by atoms with Crippen LogP contribution in [0.2, 0.25) is 0 Å². The van der Waals surface area contributed by atoms with Crippen molar-refractivity contribution in [3.05, 3.63) is 35.4 Å². The normalized spacial score (nSPS) is 14.9. The van der Waals surface area contributed by atoms with E-state index >= 15 is 0 Å². The van der Waals surface area contributed by atoms with E-state index in [1.54, 1.807) is 20.8 Å².